The van der Waals surface area contributed by atoms with Crippen LogP contribution in [0.4, 0.5) is 4.79 Å². The molecule has 0 aliphatic carbocycles. The zero-order valence-electron chi connectivity index (χ0n) is 31.8. The number of amides is 4. The maximum Gasteiger partial charge on any atom is 0.408 e. The van der Waals surface area contributed by atoms with E-state index in [-0.39, 0.29) is 23.7 Å². The molecule has 5 atom stereocenters. The number of rotatable bonds is 12. The van der Waals surface area contributed by atoms with Gasteiger partial charge in [-0.2, -0.15) is 0 Å². The minimum Gasteiger partial charge on any atom is -0.444 e. The number of ether oxygens (including phenoxy) is 1. The van der Waals surface area contributed by atoms with Crippen LogP contribution in [0, 0.1) is 0 Å². The molecule has 296 valence electrons. The Balaban J connectivity index is 1.29. The molecule has 2 aliphatic heterocycles. The van der Waals surface area contributed by atoms with E-state index >= 15 is 0 Å². The van der Waals surface area contributed by atoms with Crippen LogP contribution in [-0.4, -0.2) is 106 Å². The van der Waals surface area contributed by atoms with Crippen molar-refractivity contribution in [2.24, 2.45) is 5.73 Å². The van der Waals surface area contributed by atoms with Crippen molar-refractivity contribution in [2.75, 3.05) is 24.6 Å². The van der Waals surface area contributed by atoms with Crippen molar-refractivity contribution in [1.29, 1.82) is 0 Å². The van der Waals surface area contributed by atoms with Gasteiger partial charge in [0.2, 0.25) is 17.7 Å². The summed E-state index contributed by atoms with van der Waals surface area (Å²) in [5, 5.41) is 14.8. The summed E-state index contributed by atoms with van der Waals surface area (Å²) in [5.41, 5.74) is 7.48. The summed E-state index contributed by atoms with van der Waals surface area (Å²) < 4.78 is 5.48. The zero-order valence-corrected chi connectivity index (χ0v) is 32.6. The Morgan fingerprint density at radius 1 is 0.964 bits per heavy atom. The molecular formula is C41H49N7O7S. The van der Waals surface area contributed by atoms with Gasteiger partial charge in [0.05, 0.1) is 23.9 Å². The summed E-state index contributed by atoms with van der Waals surface area (Å²) >= 11 is 1.15. The first-order valence-corrected chi connectivity index (χ1v) is 20.0. The number of alkyl carbamates (subject to hydrolysis) is 1. The lowest BCUT2D eigenvalue weighted by atomic mass is 9.95. The van der Waals surface area contributed by atoms with E-state index in [1.54, 1.807) is 27.0 Å². The number of Topliss-reactive ketones (excluding diaryl/α,β-unsaturated/α-hetero) is 2. The number of fused-ring (bicyclic) bond motifs is 2. The molecule has 56 heavy (non-hydrogen) atoms. The molecule has 4 aromatic rings. The van der Waals surface area contributed by atoms with Gasteiger partial charge in [0.25, 0.3) is 0 Å². The Labute approximate surface area is 329 Å². The number of hydrogen-bond acceptors (Lipinski definition) is 10. The first-order valence-electron chi connectivity index (χ1n) is 18.8. The van der Waals surface area contributed by atoms with Gasteiger partial charge in [-0.15, -0.1) is 11.8 Å². The Bertz CT molecular complexity index is 2100. The number of ketones is 2. The number of thioether (sulfide) groups is 1. The minimum absolute atomic E-state index is 0.0716. The van der Waals surface area contributed by atoms with Crippen LogP contribution in [0.25, 0.3) is 21.7 Å². The van der Waals surface area contributed by atoms with Crippen LogP contribution in [0.5, 0.6) is 0 Å². The predicted molar refractivity (Wildman–Crippen MR) is 215 cm³/mol. The van der Waals surface area contributed by atoms with Gasteiger partial charge in [0.1, 0.15) is 11.6 Å². The number of aromatic nitrogens is 1. The Morgan fingerprint density at radius 3 is 2.43 bits per heavy atom. The standard InChI is InChI=1S/C41H49N7O7S/c1-41(2,3)55-40(54)47-31(18-26-20-44-29-15-7-6-14-28(26)29)37(51)35(38(42)52)48-21-32(36(50)30-16-9-17-43-30)46-39(53)33(22-56-23-34(48)49)45-19-25-12-8-11-24-10-4-5-13-27(24)25/h4-8,10-15,20,30-33,35,43-45H,9,16-19,21-23H2,1-3H3,(H2,42,52)(H,46,53)(H,47,54)/t30-,31-,32?,33?,35?/m0/s1. The van der Waals surface area contributed by atoms with Crippen molar-refractivity contribution in [2.45, 2.75) is 82.4 Å². The van der Waals surface area contributed by atoms with Crippen LogP contribution in [-0.2, 0) is 41.7 Å². The number of H-pyrrole nitrogens is 1. The van der Waals surface area contributed by atoms with Crippen LogP contribution in [0.15, 0.2) is 72.9 Å². The molecule has 2 saturated heterocycles. The average Bonchev–Trinajstić information content (AvgIpc) is 3.85. The van der Waals surface area contributed by atoms with Crippen LogP contribution in [0.1, 0.15) is 44.7 Å². The van der Waals surface area contributed by atoms with Crippen LogP contribution >= 0.6 is 11.8 Å². The Hall–Kier alpha value is -5.25. The van der Waals surface area contributed by atoms with Crippen molar-refractivity contribution in [3.05, 3.63) is 84.1 Å². The fourth-order valence-corrected chi connectivity index (χ4v) is 8.25. The van der Waals surface area contributed by atoms with E-state index in [0.717, 1.165) is 50.3 Å². The largest absolute Gasteiger partial charge is 0.444 e. The lowest BCUT2D eigenvalue weighted by Gasteiger charge is -2.36. The molecule has 3 aromatic carbocycles. The van der Waals surface area contributed by atoms with Crippen LogP contribution in [0.3, 0.4) is 0 Å². The van der Waals surface area contributed by atoms with Gasteiger partial charge in [-0.25, -0.2) is 4.79 Å². The number of primary amides is 1. The van der Waals surface area contributed by atoms with E-state index in [0.29, 0.717) is 25.1 Å². The molecule has 7 N–H and O–H groups in total. The maximum absolute atomic E-state index is 14.6. The van der Waals surface area contributed by atoms with E-state index in [1.165, 1.54) is 0 Å². The SMILES string of the molecule is CC(C)(C)OC(=O)N[C@@H](Cc1c[nH]c2ccccc12)C(=O)C(C(N)=O)N1CC(C(=O)[C@@H]2CCCN2)NC(=O)C(NCc2cccc3ccccc23)CSCC1=O. The molecular weight excluding hydrogens is 735 g/mol. The summed E-state index contributed by atoms with van der Waals surface area (Å²) in [6.07, 6.45) is 1.98. The fraction of sp³-hybridized carbons (Fsp3) is 0.415. The third-order valence-corrected chi connectivity index (χ3v) is 11.0. The Kier molecular flexibility index (Phi) is 12.8. The molecule has 14 nitrogen and oxygen atoms in total. The smallest absolute Gasteiger partial charge is 0.408 e. The molecule has 0 bridgehead atoms. The number of aromatic amines is 1. The molecule has 4 amide bonds. The van der Waals surface area contributed by atoms with Crippen molar-refractivity contribution in [3.63, 3.8) is 0 Å². The van der Waals surface area contributed by atoms with Crippen molar-refractivity contribution >= 4 is 68.8 Å². The van der Waals surface area contributed by atoms with Gasteiger partial charge < -0.3 is 41.6 Å². The highest BCUT2D eigenvalue weighted by Crippen LogP contribution is 2.23. The predicted octanol–water partition coefficient (Wildman–Crippen LogP) is 2.72. The van der Waals surface area contributed by atoms with Gasteiger partial charge in [-0.05, 0) is 68.1 Å². The highest BCUT2D eigenvalue weighted by Gasteiger charge is 2.43. The number of nitrogens with one attached hydrogen (secondary N) is 5. The van der Waals surface area contributed by atoms with Crippen molar-refractivity contribution < 1.29 is 33.5 Å². The van der Waals surface area contributed by atoms with E-state index in [1.807, 2.05) is 66.7 Å². The molecule has 3 unspecified atom stereocenters. The van der Waals surface area contributed by atoms with Crippen molar-refractivity contribution in [3.8, 4) is 0 Å². The third kappa shape index (κ3) is 9.75. The lowest BCUT2D eigenvalue weighted by Crippen LogP contribution is -2.64. The highest BCUT2D eigenvalue weighted by molar-refractivity contribution is 8.00. The molecule has 0 spiro atoms. The summed E-state index contributed by atoms with van der Waals surface area (Å²) in [5.74, 6) is -3.55. The summed E-state index contributed by atoms with van der Waals surface area (Å²) in [7, 11) is 0. The van der Waals surface area contributed by atoms with Crippen LogP contribution in [0.2, 0.25) is 0 Å². The normalized spacial score (nSPS) is 20.6. The molecule has 6 rings (SSSR count). The van der Waals surface area contributed by atoms with E-state index in [2.05, 4.69) is 26.3 Å². The number of carbonyl (C=O) groups excluding carboxylic acids is 6. The highest BCUT2D eigenvalue weighted by atomic mass is 32.2. The zero-order chi connectivity index (χ0) is 40.0. The first-order chi connectivity index (χ1) is 26.8. The van der Waals surface area contributed by atoms with Gasteiger partial charge in [0, 0.05) is 42.4 Å². The quantitative estimate of drug-likeness (QED) is 0.116. The molecule has 15 heteroatoms. The Morgan fingerprint density at radius 2 is 1.70 bits per heavy atom. The van der Waals surface area contributed by atoms with E-state index in [9.17, 15) is 28.8 Å². The number of hydrogen-bond donors (Lipinski definition) is 6. The average molecular weight is 784 g/mol. The number of carbonyl (C=O) groups is 6. The molecule has 0 radical (unpaired) electrons. The fourth-order valence-electron chi connectivity index (χ4n) is 7.28. The molecule has 3 heterocycles. The number of para-hydroxylation sites is 1. The van der Waals surface area contributed by atoms with Gasteiger partial charge in [0.15, 0.2) is 17.6 Å². The summed E-state index contributed by atoms with van der Waals surface area (Å²) in [6, 6.07) is 15.3. The van der Waals surface area contributed by atoms with Gasteiger partial charge in [-0.1, -0.05) is 60.7 Å². The summed E-state index contributed by atoms with van der Waals surface area (Å²) in [6.45, 7) is 5.47. The van der Waals surface area contributed by atoms with E-state index in [4.69, 9.17) is 10.5 Å². The molecule has 2 aliphatic rings. The van der Waals surface area contributed by atoms with E-state index < -0.39 is 72.0 Å². The first kappa shape index (κ1) is 40.4. The van der Waals surface area contributed by atoms with Crippen molar-refractivity contribution in [1.82, 2.24) is 31.2 Å². The minimum atomic E-state index is -1.89. The number of nitrogens with zero attached hydrogens (tertiary/aromatic N) is 1. The second-order valence-electron chi connectivity index (χ2n) is 15.2. The second-order valence-corrected chi connectivity index (χ2v) is 16.2. The number of nitrogens with two attached hydrogens (primary N) is 1. The monoisotopic (exact) mass is 783 g/mol. The van der Waals surface area contributed by atoms with Gasteiger partial charge >= 0.3 is 6.09 Å². The van der Waals surface area contributed by atoms with Crippen LogP contribution < -0.4 is 27.0 Å². The maximum atomic E-state index is 14.6. The molecule has 2 fully saturated rings. The molecule has 1 aromatic heterocycles. The van der Waals surface area contributed by atoms with Gasteiger partial charge in [-0.3, -0.25) is 24.0 Å². The number of benzene rings is 3. The molecule has 0 saturated carbocycles. The summed E-state index contributed by atoms with van der Waals surface area (Å²) in [4.78, 5) is 87.6. The third-order valence-electron chi connectivity index (χ3n) is 9.99. The lowest BCUT2D eigenvalue weighted by molar-refractivity contribution is -0.146. The topological polar surface area (TPSA) is 205 Å². The second kappa shape index (κ2) is 17.7.